The van der Waals surface area contributed by atoms with E-state index < -0.39 is 0 Å². The van der Waals surface area contributed by atoms with Crippen LogP contribution in [0.2, 0.25) is 0 Å². The van der Waals surface area contributed by atoms with Crippen LogP contribution >= 0.6 is 0 Å². The van der Waals surface area contributed by atoms with E-state index in [1.54, 1.807) is 0 Å². The Labute approximate surface area is 305 Å². The summed E-state index contributed by atoms with van der Waals surface area (Å²) in [5.41, 5.74) is 14.0. The zero-order chi connectivity index (χ0) is 34.6. The maximum absolute atomic E-state index is 7.06. The molecule has 4 heterocycles. The van der Waals surface area contributed by atoms with Crippen molar-refractivity contribution in [2.75, 3.05) is 0 Å². The highest BCUT2D eigenvalue weighted by atomic mass is 16.5. The summed E-state index contributed by atoms with van der Waals surface area (Å²) < 4.78 is 22.3. The lowest BCUT2D eigenvalue weighted by molar-refractivity contribution is 0.479. The number of para-hydroxylation sites is 4. The lowest BCUT2D eigenvalue weighted by atomic mass is 9.50. The van der Waals surface area contributed by atoms with Crippen molar-refractivity contribution in [2.24, 2.45) is 0 Å². The van der Waals surface area contributed by atoms with E-state index in [4.69, 9.17) is 13.8 Å². The topological polar surface area (TPSA) is 36.5 Å². The lowest BCUT2D eigenvalue weighted by Gasteiger charge is -2.33. The predicted octanol–water partition coefficient (Wildman–Crippen LogP) is 11.3. The van der Waals surface area contributed by atoms with Crippen LogP contribution in [-0.2, 0) is 0 Å². The third-order valence-electron chi connectivity index (χ3n) is 11.1. The van der Waals surface area contributed by atoms with Crippen molar-refractivity contribution in [3.63, 3.8) is 0 Å². The molecule has 0 unspecified atom stereocenters. The van der Waals surface area contributed by atoms with Crippen molar-refractivity contribution in [2.45, 2.75) is 0 Å². The molecule has 0 saturated heterocycles. The minimum Gasteiger partial charge on any atom is -0.551 e. The summed E-state index contributed by atoms with van der Waals surface area (Å²) in [5.74, 6) is 2.50. The molecular formula is C48H28BNO3. The van der Waals surface area contributed by atoms with Crippen LogP contribution in [0.25, 0.3) is 82.8 Å². The van der Waals surface area contributed by atoms with Crippen molar-refractivity contribution in [3.05, 3.63) is 170 Å². The van der Waals surface area contributed by atoms with Crippen LogP contribution in [0.4, 0.5) is 0 Å². The van der Waals surface area contributed by atoms with E-state index in [9.17, 15) is 0 Å². The second kappa shape index (κ2) is 10.8. The first-order chi connectivity index (χ1) is 26.3. The molecule has 8 aromatic carbocycles. The average molecular weight is 678 g/mol. The highest BCUT2D eigenvalue weighted by molar-refractivity contribution is 6.84. The van der Waals surface area contributed by atoms with Crippen molar-refractivity contribution >= 4 is 61.6 Å². The summed E-state index contributed by atoms with van der Waals surface area (Å²) in [6, 6.07) is 60.0. The largest absolute Gasteiger partial charge is 0.551 e. The summed E-state index contributed by atoms with van der Waals surface area (Å²) in [7, 11) is 0. The second-order valence-corrected chi connectivity index (χ2v) is 14.0. The van der Waals surface area contributed by atoms with Gasteiger partial charge >= 0.3 is 6.92 Å². The Morgan fingerprint density at radius 3 is 1.96 bits per heavy atom. The number of benzene rings is 8. The Morgan fingerprint density at radius 2 is 1.09 bits per heavy atom. The second-order valence-electron chi connectivity index (χ2n) is 14.0. The predicted molar refractivity (Wildman–Crippen MR) is 217 cm³/mol. The van der Waals surface area contributed by atoms with Gasteiger partial charge in [0, 0.05) is 43.6 Å². The Bertz CT molecular complexity index is 3100. The van der Waals surface area contributed by atoms with E-state index in [1.165, 1.54) is 21.8 Å². The van der Waals surface area contributed by atoms with Crippen molar-refractivity contribution in [1.29, 1.82) is 0 Å². The molecule has 0 amide bonds. The Morgan fingerprint density at radius 1 is 0.415 bits per heavy atom. The summed E-state index contributed by atoms with van der Waals surface area (Å²) in [6.45, 7) is -0.328. The molecule has 2 aromatic heterocycles. The van der Waals surface area contributed by atoms with E-state index >= 15 is 0 Å². The molecule has 2 aliphatic rings. The highest BCUT2D eigenvalue weighted by Crippen LogP contribution is 2.43. The van der Waals surface area contributed by atoms with Gasteiger partial charge < -0.3 is 18.4 Å². The van der Waals surface area contributed by atoms with Gasteiger partial charge in [0.15, 0.2) is 0 Å². The molecule has 10 aromatic rings. The molecule has 0 atom stereocenters. The van der Waals surface area contributed by atoms with Crippen LogP contribution in [0.5, 0.6) is 17.2 Å². The fraction of sp³-hybridized carbons (Fsp3) is 0. The van der Waals surface area contributed by atoms with Gasteiger partial charge in [-0.3, -0.25) is 0 Å². The number of aromatic nitrogens is 1. The van der Waals surface area contributed by atoms with Crippen LogP contribution in [0.3, 0.4) is 0 Å². The minimum atomic E-state index is -0.328. The van der Waals surface area contributed by atoms with Gasteiger partial charge in [0.2, 0.25) is 0 Å². The van der Waals surface area contributed by atoms with Gasteiger partial charge in [-0.25, -0.2) is 0 Å². The quantitative estimate of drug-likeness (QED) is 0.175. The summed E-state index contributed by atoms with van der Waals surface area (Å²) in [6.07, 6.45) is 0. The van der Waals surface area contributed by atoms with E-state index in [1.807, 2.05) is 18.2 Å². The van der Waals surface area contributed by atoms with Crippen LogP contribution in [0, 0.1) is 0 Å². The molecule has 0 spiro atoms. The van der Waals surface area contributed by atoms with E-state index in [2.05, 4.69) is 156 Å². The van der Waals surface area contributed by atoms with Gasteiger partial charge in [-0.2, -0.15) is 0 Å². The number of ether oxygens (including phenoxy) is 1. The molecule has 0 aliphatic carbocycles. The van der Waals surface area contributed by atoms with Crippen LogP contribution in [-0.4, -0.2) is 11.5 Å². The fourth-order valence-electron chi connectivity index (χ4n) is 8.70. The fourth-order valence-corrected chi connectivity index (χ4v) is 8.70. The molecule has 2 aliphatic heterocycles. The van der Waals surface area contributed by atoms with Gasteiger partial charge in [0.25, 0.3) is 0 Å². The van der Waals surface area contributed by atoms with Gasteiger partial charge in [0.05, 0.1) is 16.7 Å². The molecule has 4 nitrogen and oxygen atoms in total. The minimum absolute atomic E-state index is 0.328. The molecule has 0 saturated carbocycles. The molecule has 0 N–H and O–H groups in total. The van der Waals surface area contributed by atoms with Crippen LogP contribution in [0.15, 0.2) is 174 Å². The summed E-state index contributed by atoms with van der Waals surface area (Å²) in [4.78, 5) is 0. The van der Waals surface area contributed by atoms with Gasteiger partial charge in [-0.1, -0.05) is 115 Å². The molecule has 246 valence electrons. The molecule has 53 heavy (non-hydrogen) atoms. The molecule has 0 radical (unpaired) electrons. The van der Waals surface area contributed by atoms with E-state index in [0.717, 1.165) is 89.2 Å². The first-order valence-electron chi connectivity index (χ1n) is 18.0. The number of fused-ring (bicyclic) bond motifs is 10. The summed E-state index contributed by atoms with van der Waals surface area (Å²) in [5, 5.41) is 4.74. The van der Waals surface area contributed by atoms with Crippen molar-refractivity contribution in [1.82, 2.24) is 4.57 Å². The standard InChI is InChI=1S/C48H28BNO3/c1-5-15-40(50-41-16-6-2-11-33(41)34-12-3-7-17-42(34)50)32(10-1)31-22-25-44-39(26-31)49-48-38(14-9-19-45(48)52-44)37-24-21-30(28-47(37)53-49)29-20-23-36-35-13-4-8-18-43(35)51-46(36)27-29/h1-28H. The van der Waals surface area contributed by atoms with Crippen LogP contribution < -0.4 is 20.3 Å². The molecule has 0 bridgehead atoms. The smallest absolute Gasteiger partial charge is 0.434 e. The first kappa shape index (κ1) is 28.7. The number of rotatable bonds is 3. The zero-order valence-corrected chi connectivity index (χ0v) is 28.4. The monoisotopic (exact) mass is 677 g/mol. The zero-order valence-electron chi connectivity index (χ0n) is 28.4. The van der Waals surface area contributed by atoms with E-state index in [0.29, 0.717) is 0 Å². The molecular weight excluding hydrogens is 649 g/mol. The van der Waals surface area contributed by atoms with E-state index in [-0.39, 0.29) is 6.92 Å². The number of hydrogen-bond donors (Lipinski definition) is 0. The highest BCUT2D eigenvalue weighted by Gasteiger charge is 2.41. The van der Waals surface area contributed by atoms with Crippen LogP contribution in [0.1, 0.15) is 0 Å². The molecule has 0 fully saturated rings. The van der Waals surface area contributed by atoms with Gasteiger partial charge in [-0.05, 0) is 76.9 Å². The molecule has 5 heteroatoms. The van der Waals surface area contributed by atoms with Gasteiger partial charge in [0.1, 0.15) is 28.4 Å². The maximum Gasteiger partial charge on any atom is 0.434 e. The Kier molecular flexibility index (Phi) is 5.83. The number of hydrogen-bond acceptors (Lipinski definition) is 3. The SMILES string of the molecule is c1ccc(-n2c3ccccc3c3ccccc32)c(-c2ccc3c(c2)B2Oc4cc(-c5ccc6c(c5)oc5ccccc56)ccc4-c4cccc(c42)O3)c1. The van der Waals surface area contributed by atoms with Gasteiger partial charge in [-0.15, -0.1) is 0 Å². The van der Waals surface area contributed by atoms with Crippen molar-refractivity contribution in [3.8, 4) is 56.3 Å². The number of furan rings is 1. The lowest BCUT2D eigenvalue weighted by Crippen LogP contribution is -2.53. The Hall–Kier alpha value is -6.98. The van der Waals surface area contributed by atoms with Crippen molar-refractivity contribution < 1.29 is 13.8 Å². The normalized spacial score (nSPS) is 12.8. The maximum atomic E-state index is 7.06. The third-order valence-corrected chi connectivity index (χ3v) is 11.1. The first-order valence-corrected chi connectivity index (χ1v) is 18.0. The summed E-state index contributed by atoms with van der Waals surface area (Å²) >= 11 is 0. The Balaban J connectivity index is 0.988. The third kappa shape index (κ3) is 4.13. The average Bonchev–Trinajstić information content (AvgIpc) is 3.76. The number of nitrogens with zero attached hydrogens (tertiary/aromatic N) is 1. The molecule has 12 rings (SSSR count).